The van der Waals surface area contributed by atoms with Crippen molar-refractivity contribution in [3.05, 3.63) is 28.8 Å². The van der Waals surface area contributed by atoms with Gasteiger partial charge in [0.15, 0.2) is 0 Å². The summed E-state index contributed by atoms with van der Waals surface area (Å²) < 4.78 is 5.82. The largest absolute Gasteiger partial charge is 0.382 e. The van der Waals surface area contributed by atoms with E-state index in [1.165, 1.54) is 0 Å². The second-order valence-electron chi connectivity index (χ2n) is 5.39. The Morgan fingerprint density at radius 1 is 1.33 bits per heavy atom. The van der Waals surface area contributed by atoms with E-state index in [2.05, 4.69) is 5.32 Å². The maximum absolute atomic E-state index is 11.3. The molecule has 0 heterocycles. The van der Waals surface area contributed by atoms with Gasteiger partial charge in [0.25, 0.3) is 5.91 Å². The maximum atomic E-state index is 11.3. The Hall–Kier alpha value is -1.30. The van der Waals surface area contributed by atoms with Crippen LogP contribution >= 0.6 is 11.6 Å². The second-order valence-corrected chi connectivity index (χ2v) is 5.82. The first-order valence-corrected chi connectivity index (χ1v) is 7.64. The zero-order chi connectivity index (χ0) is 15.2. The number of hydrogen-bond donors (Lipinski definition) is 3. The van der Waals surface area contributed by atoms with E-state index in [1.807, 2.05) is 0 Å². The number of benzene rings is 1. The fourth-order valence-corrected chi connectivity index (χ4v) is 2.72. The normalized spacial score (nSPS) is 22.0. The van der Waals surface area contributed by atoms with Gasteiger partial charge >= 0.3 is 0 Å². The quantitative estimate of drug-likeness (QED) is 0.702. The topological polar surface area (TPSA) is 90.4 Å². The number of amides is 1. The van der Waals surface area contributed by atoms with Crippen molar-refractivity contribution in [1.82, 2.24) is 0 Å². The highest BCUT2D eigenvalue weighted by Crippen LogP contribution is 2.21. The number of rotatable bonds is 6. The molecular weight excluding hydrogens is 290 g/mol. The Bertz CT molecular complexity index is 488. The van der Waals surface area contributed by atoms with Crippen molar-refractivity contribution in [2.75, 3.05) is 18.5 Å². The molecule has 1 aromatic carbocycles. The zero-order valence-corrected chi connectivity index (χ0v) is 12.7. The Labute approximate surface area is 130 Å². The van der Waals surface area contributed by atoms with Crippen molar-refractivity contribution in [3.63, 3.8) is 0 Å². The summed E-state index contributed by atoms with van der Waals surface area (Å²) in [6, 6.07) is 5.29. The number of hydrogen-bond acceptors (Lipinski definition) is 4. The minimum absolute atomic E-state index is 0.293. The standard InChI is InChI=1S/C15H22ClN3O2/c16-10-1-6-13(15(18)20)14(9-10)19-7-8-21-12-4-2-11(17)3-5-12/h1,6,9,11-12,19H,2-5,7-8,17H2,(H2,18,20). The molecule has 1 saturated carbocycles. The number of halogens is 1. The van der Waals surface area contributed by atoms with Gasteiger partial charge in [-0.05, 0) is 43.9 Å². The monoisotopic (exact) mass is 311 g/mol. The fourth-order valence-electron chi connectivity index (χ4n) is 2.54. The Morgan fingerprint density at radius 2 is 2.05 bits per heavy atom. The van der Waals surface area contributed by atoms with E-state index in [4.69, 9.17) is 27.8 Å². The third kappa shape index (κ3) is 4.88. The number of carbonyl (C=O) groups excluding carboxylic acids is 1. The molecule has 5 N–H and O–H groups in total. The lowest BCUT2D eigenvalue weighted by Crippen LogP contribution is -2.31. The number of carbonyl (C=O) groups is 1. The fraction of sp³-hybridized carbons (Fsp3) is 0.533. The highest BCUT2D eigenvalue weighted by molar-refractivity contribution is 6.31. The van der Waals surface area contributed by atoms with Crippen molar-refractivity contribution in [2.45, 2.75) is 37.8 Å². The first kappa shape index (κ1) is 16.1. The average molecular weight is 312 g/mol. The van der Waals surface area contributed by atoms with Crippen molar-refractivity contribution >= 4 is 23.2 Å². The van der Waals surface area contributed by atoms with E-state index < -0.39 is 5.91 Å². The highest BCUT2D eigenvalue weighted by atomic mass is 35.5. The Balaban J connectivity index is 1.78. The lowest BCUT2D eigenvalue weighted by atomic mass is 9.94. The maximum Gasteiger partial charge on any atom is 0.250 e. The summed E-state index contributed by atoms with van der Waals surface area (Å²) in [4.78, 5) is 11.3. The molecule has 1 aromatic rings. The summed E-state index contributed by atoms with van der Waals surface area (Å²) in [5, 5.41) is 3.71. The highest BCUT2D eigenvalue weighted by Gasteiger charge is 2.18. The third-order valence-corrected chi connectivity index (χ3v) is 3.97. The summed E-state index contributed by atoms with van der Waals surface area (Å²) in [5.74, 6) is -0.476. The molecule has 116 valence electrons. The van der Waals surface area contributed by atoms with Crippen molar-refractivity contribution in [2.24, 2.45) is 11.5 Å². The van der Waals surface area contributed by atoms with Gasteiger partial charge in [-0.25, -0.2) is 0 Å². The molecule has 2 rings (SSSR count). The number of nitrogens with two attached hydrogens (primary N) is 2. The number of ether oxygens (including phenoxy) is 1. The summed E-state index contributed by atoms with van der Waals surface area (Å²) in [6.45, 7) is 1.17. The van der Waals surface area contributed by atoms with Gasteiger partial charge in [0.1, 0.15) is 0 Å². The SMILES string of the molecule is NC(=O)c1ccc(Cl)cc1NCCOC1CCC(N)CC1. The molecule has 1 amide bonds. The van der Waals surface area contributed by atoms with Crippen molar-refractivity contribution in [1.29, 1.82) is 0 Å². The van der Waals surface area contributed by atoms with Crippen molar-refractivity contribution in [3.8, 4) is 0 Å². The van der Waals surface area contributed by atoms with E-state index in [9.17, 15) is 4.79 Å². The van der Waals surface area contributed by atoms with Crippen molar-refractivity contribution < 1.29 is 9.53 Å². The van der Waals surface area contributed by atoms with Gasteiger partial charge in [-0.3, -0.25) is 4.79 Å². The Morgan fingerprint density at radius 3 is 2.71 bits per heavy atom. The van der Waals surface area contributed by atoms with Crippen LogP contribution in [0.2, 0.25) is 5.02 Å². The van der Waals surface area contributed by atoms with Gasteiger partial charge in [0.2, 0.25) is 0 Å². The van der Waals surface area contributed by atoms with Crippen LogP contribution in [0.5, 0.6) is 0 Å². The van der Waals surface area contributed by atoms with Gasteiger partial charge in [0.05, 0.1) is 18.3 Å². The molecule has 0 saturated heterocycles. The van der Waals surface area contributed by atoms with Gasteiger partial charge in [-0.1, -0.05) is 11.6 Å². The number of anilines is 1. The van der Waals surface area contributed by atoms with Crippen LogP contribution in [0.15, 0.2) is 18.2 Å². The molecule has 0 bridgehead atoms. The molecule has 1 aliphatic carbocycles. The third-order valence-electron chi connectivity index (χ3n) is 3.74. The Kier molecular flexibility index (Phi) is 5.85. The van der Waals surface area contributed by atoms with Gasteiger partial charge < -0.3 is 21.5 Å². The molecule has 0 atom stereocenters. The smallest absolute Gasteiger partial charge is 0.250 e. The lowest BCUT2D eigenvalue weighted by molar-refractivity contribution is 0.0313. The van der Waals surface area contributed by atoms with Crippen LogP contribution < -0.4 is 16.8 Å². The van der Waals surface area contributed by atoms with Gasteiger partial charge in [-0.15, -0.1) is 0 Å². The lowest BCUT2D eigenvalue weighted by Gasteiger charge is -2.26. The average Bonchev–Trinajstić information content (AvgIpc) is 2.45. The van der Waals surface area contributed by atoms with Crippen LogP contribution in [0.25, 0.3) is 0 Å². The molecule has 0 aromatic heterocycles. The zero-order valence-electron chi connectivity index (χ0n) is 12.0. The van der Waals surface area contributed by atoms with Crippen LogP contribution in [-0.2, 0) is 4.74 Å². The van der Waals surface area contributed by atoms with E-state index >= 15 is 0 Å². The summed E-state index contributed by atoms with van der Waals surface area (Å²) in [6.07, 6.45) is 4.38. The van der Waals surface area contributed by atoms with Crippen LogP contribution in [-0.4, -0.2) is 31.2 Å². The van der Waals surface area contributed by atoms with Crippen LogP contribution in [0.3, 0.4) is 0 Å². The van der Waals surface area contributed by atoms with E-state index in [-0.39, 0.29) is 0 Å². The molecule has 0 unspecified atom stereocenters. The number of nitrogens with one attached hydrogen (secondary N) is 1. The van der Waals surface area contributed by atoms with Crippen LogP contribution in [0.1, 0.15) is 36.0 Å². The summed E-state index contributed by atoms with van der Waals surface area (Å²) >= 11 is 5.93. The molecule has 0 aliphatic heterocycles. The minimum Gasteiger partial charge on any atom is -0.382 e. The van der Waals surface area contributed by atoms with E-state index in [0.717, 1.165) is 25.7 Å². The molecule has 5 nitrogen and oxygen atoms in total. The molecule has 0 spiro atoms. The summed E-state index contributed by atoms with van der Waals surface area (Å²) in [7, 11) is 0. The second kappa shape index (κ2) is 7.64. The van der Waals surface area contributed by atoms with Crippen LogP contribution in [0, 0.1) is 0 Å². The minimum atomic E-state index is -0.476. The van der Waals surface area contributed by atoms with Gasteiger partial charge in [-0.2, -0.15) is 0 Å². The first-order chi connectivity index (χ1) is 10.1. The van der Waals surface area contributed by atoms with E-state index in [1.54, 1.807) is 18.2 Å². The van der Waals surface area contributed by atoms with Gasteiger partial charge in [0, 0.05) is 23.3 Å². The molecule has 1 aliphatic rings. The first-order valence-electron chi connectivity index (χ1n) is 7.26. The molecule has 1 fully saturated rings. The van der Waals surface area contributed by atoms with E-state index in [0.29, 0.717) is 41.6 Å². The molecule has 0 radical (unpaired) electrons. The van der Waals surface area contributed by atoms with Crippen LogP contribution in [0.4, 0.5) is 5.69 Å². The molecule has 6 heteroatoms. The summed E-state index contributed by atoms with van der Waals surface area (Å²) in [5.41, 5.74) is 12.3. The predicted octanol–water partition coefficient (Wildman–Crippen LogP) is 2.14. The predicted molar refractivity (Wildman–Crippen MR) is 84.6 cm³/mol. The molecule has 21 heavy (non-hydrogen) atoms. The molecular formula is C15H22ClN3O2. The number of primary amides is 1.